The first-order chi connectivity index (χ1) is 20.7. The molecule has 1 amide bonds. The number of carbonyl (C=O) groups excluding carboxylic acids is 2. The standard InChI is InChI=1S/C31H37N7O4S/c1-21(39)36-15-17-37(18-16-36)27-10-9-24-28(40)29(43(41,42)32-11-14-35-12-5-6-13-35)31-34(2)25-19-22-7-3-4-8-23(22)20-26(25)38(31)30(24)33-27/h3-4,7-10,19-20,29,31-32H,5-6,11-18H2,1-2H3. The molecule has 0 saturated carbocycles. The number of hydrogen-bond acceptors (Lipinski definition) is 9. The normalized spacial score (nSPS) is 22.2. The molecule has 0 radical (unpaired) electrons. The fourth-order valence-corrected chi connectivity index (χ4v) is 8.59. The highest BCUT2D eigenvalue weighted by Gasteiger charge is 2.54. The van der Waals surface area contributed by atoms with Crippen LogP contribution < -0.4 is 19.4 Å². The van der Waals surface area contributed by atoms with Crippen LogP contribution in [-0.4, -0.2) is 106 Å². The molecule has 4 aliphatic heterocycles. The molecule has 2 aromatic carbocycles. The molecule has 43 heavy (non-hydrogen) atoms. The molecule has 1 aromatic heterocycles. The molecule has 4 aliphatic rings. The zero-order valence-corrected chi connectivity index (χ0v) is 25.4. The maximum Gasteiger partial charge on any atom is 0.226 e. The van der Waals surface area contributed by atoms with Gasteiger partial charge in [-0.15, -0.1) is 0 Å². The minimum Gasteiger partial charge on any atom is -0.353 e. The zero-order chi connectivity index (χ0) is 29.9. The van der Waals surface area contributed by atoms with Crippen molar-refractivity contribution in [3.63, 3.8) is 0 Å². The Morgan fingerprint density at radius 1 is 0.953 bits per heavy atom. The molecule has 7 rings (SSSR count). The van der Waals surface area contributed by atoms with Gasteiger partial charge in [0, 0.05) is 53.2 Å². The molecule has 0 spiro atoms. The molecule has 3 aromatic rings. The first-order valence-electron chi connectivity index (χ1n) is 15.0. The van der Waals surface area contributed by atoms with Gasteiger partial charge in [0.1, 0.15) is 17.8 Å². The van der Waals surface area contributed by atoms with Crippen molar-refractivity contribution in [3.05, 3.63) is 54.1 Å². The Balaban J connectivity index is 1.29. The molecule has 0 bridgehead atoms. The predicted molar refractivity (Wildman–Crippen MR) is 168 cm³/mol. The minimum atomic E-state index is -4.05. The monoisotopic (exact) mass is 603 g/mol. The van der Waals surface area contributed by atoms with E-state index in [1.165, 1.54) is 0 Å². The van der Waals surface area contributed by atoms with E-state index in [1.54, 1.807) is 19.1 Å². The summed E-state index contributed by atoms with van der Waals surface area (Å²) in [6, 6.07) is 15.7. The van der Waals surface area contributed by atoms with Gasteiger partial charge in [0.05, 0.1) is 16.9 Å². The highest BCUT2D eigenvalue weighted by Crippen LogP contribution is 2.50. The molecule has 12 heteroatoms. The van der Waals surface area contributed by atoms with Crippen LogP contribution in [-0.2, 0) is 14.8 Å². The Labute approximate surface area is 252 Å². The van der Waals surface area contributed by atoms with Crippen LogP contribution in [0.25, 0.3) is 10.8 Å². The lowest BCUT2D eigenvalue weighted by molar-refractivity contribution is -0.129. The summed E-state index contributed by atoms with van der Waals surface area (Å²) in [5, 5.41) is 0.715. The third-order valence-corrected chi connectivity index (χ3v) is 11.1. The van der Waals surface area contributed by atoms with Gasteiger partial charge in [0.2, 0.25) is 15.9 Å². The fourth-order valence-electron chi connectivity index (χ4n) is 7.00. The predicted octanol–water partition coefficient (Wildman–Crippen LogP) is 2.40. The summed E-state index contributed by atoms with van der Waals surface area (Å²) in [5.41, 5.74) is 1.97. The second-order valence-electron chi connectivity index (χ2n) is 11.9. The number of anilines is 4. The number of fused-ring (bicyclic) bond motifs is 6. The number of benzene rings is 2. The number of likely N-dealkylation sites (tertiary alicyclic amines) is 1. The average Bonchev–Trinajstić information content (AvgIpc) is 3.62. The van der Waals surface area contributed by atoms with Crippen molar-refractivity contribution in [1.82, 2.24) is 19.5 Å². The van der Waals surface area contributed by atoms with Crippen LogP contribution in [0.4, 0.5) is 23.0 Å². The first kappa shape index (κ1) is 28.1. The van der Waals surface area contributed by atoms with Crippen molar-refractivity contribution in [3.8, 4) is 0 Å². The van der Waals surface area contributed by atoms with E-state index in [0.717, 1.165) is 48.1 Å². The van der Waals surface area contributed by atoms with Gasteiger partial charge in [-0.2, -0.15) is 0 Å². The highest BCUT2D eigenvalue weighted by molar-refractivity contribution is 7.91. The summed E-state index contributed by atoms with van der Waals surface area (Å²) >= 11 is 0. The van der Waals surface area contributed by atoms with Gasteiger partial charge in [-0.1, -0.05) is 24.3 Å². The molecule has 2 saturated heterocycles. The molecule has 2 atom stereocenters. The Kier molecular flexibility index (Phi) is 7.02. The van der Waals surface area contributed by atoms with Crippen LogP contribution >= 0.6 is 0 Å². The second-order valence-corrected chi connectivity index (χ2v) is 13.8. The lowest BCUT2D eigenvalue weighted by Gasteiger charge is -2.40. The molecular formula is C31H37N7O4S. The molecule has 226 valence electrons. The van der Waals surface area contributed by atoms with E-state index in [9.17, 15) is 18.0 Å². The van der Waals surface area contributed by atoms with Crippen LogP contribution in [0.1, 0.15) is 30.1 Å². The third kappa shape index (κ3) is 4.81. The maximum atomic E-state index is 14.2. The van der Waals surface area contributed by atoms with Crippen molar-refractivity contribution >= 4 is 55.5 Å². The summed E-state index contributed by atoms with van der Waals surface area (Å²) in [5.74, 6) is 0.771. The first-order valence-corrected chi connectivity index (χ1v) is 16.6. The fraction of sp³-hybridized carbons (Fsp3) is 0.452. The van der Waals surface area contributed by atoms with Gasteiger partial charge in [-0.05, 0) is 61.0 Å². The van der Waals surface area contributed by atoms with E-state index in [0.29, 0.717) is 49.9 Å². The number of aromatic nitrogens is 1. The van der Waals surface area contributed by atoms with E-state index in [4.69, 9.17) is 4.98 Å². The van der Waals surface area contributed by atoms with Gasteiger partial charge < -0.3 is 24.5 Å². The SMILES string of the molecule is CC(=O)N1CCN(c2ccc3c(n2)N2c4cc5ccccc5cc4N(C)C2C(S(=O)(=O)NCCN2CCCC2)C3=O)CC1. The lowest BCUT2D eigenvalue weighted by atomic mass is 10.0. The van der Waals surface area contributed by atoms with Gasteiger partial charge >= 0.3 is 0 Å². The van der Waals surface area contributed by atoms with Crippen LogP contribution in [0.5, 0.6) is 0 Å². The third-order valence-electron chi connectivity index (χ3n) is 9.34. The van der Waals surface area contributed by atoms with Gasteiger partial charge in [0.25, 0.3) is 0 Å². The van der Waals surface area contributed by atoms with Gasteiger partial charge in [0.15, 0.2) is 11.0 Å². The van der Waals surface area contributed by atoms with E-state index in [1.807, 2.05) is 46.0 Å². The van der Waals surface area contributed by atoms with Crippen LogP contribution in [0.15, 0.2) is 48.5 Å². The number of pyridine rings is 1. The number of ketones is 1. The lowest BCUT2D eigenvalue weighted by Crippen LogP contribution is -2.60. The summed E-state index contributed by atoms with van der Waals surface area (Å²) < 4.78 is 30.8. The highest BCUT2D eigenvalue weighted by atomic mass is 32.2. The Morgan fingerprint density at radius 2 is 1.63 bits per heavy atom. The molecule has 1 N–H and O–H groups in total. The second kappa shape index (κ2) is 10.8. The Bertz CT molecular complexity index is 1700. The average molecular weight is 604 g/mol. The molecule has 5 heterocycles. The van der Waals surface area contributed by atoms with Crippen LogP contribution in [0.2, 0.25) is 0 Å². The summed E-state index contributed by atoms with van der Waals surface area (Å²) in [4.78, 5) is 41.1. The van der Waals surface area contributed by atoms with Crippen molar-refractivity contribution in [1.29, 1.82) is 0 Å². The topological polar surface area (TPSA) is 109 Å². The number of sulfonamides is 1. The number of piperazine rings is 1. The molecule has 11 nitrogen and oxygen atoms in total. The number of rotatable bonds is 6. The van der Waals surface area contributed by atoms with Crippen LogP contribution in [0.3, 0.4) is 0 Å². The largest absolute Gasteiger partial charge is 0.353 e. The number of Topliss-reactive ketones (excluding diaryl/α,β-unsaturated/α-hetero) is 1. The number of hydrogen-bond donors (Lipinski definition) is 1. The number of nitrogens with one attached hydrogen (secondary N) is 1. The van der Waals surface area contributed by atoms with E-state index in [-0.39, 0.29) is 12.5 Å². The number of amides is 1. The Morgan fingerprint density at radius 3 is 2.30 bits per heavy atom. The van der Waals surface area contributed by atoms with Crippen molar-refractivity contribution < 1.29 is 18.0 Å². The van der Waals surface area contributed by atoms with Crippen LogP contribution in [0, 0.1) is 0 Å². The summed E-state index contributed by atoms with van der Waals surface area (Å²) in [7, 11) is -2.19. The summed E-state index contributed by atoms with van der Waals surface area (Å²) in [6.45, 7) is 6.85. The number of carbonyl (C=O) groups is 2. The number of nitrogens with zero attached hydrogens (tertiary/aromatic N) is 6. The molecular weight excluding hydrogens is 566 g/mol. The van der Waals surface area contributed by atoms with Gasteiger partial charge in [-0.25, -0.2) is 18.1 Å². The van der Waals surface area contributed by atoms with Crippen molar-refractivity contribution in [2.75, 3.05) is 74.1 Å². The summed E-state index contributed by atoms with van der Waals surface area (Å²) in [6.07, 6.45) is 1.45. The zero-order valence-electron chi connectivity index (χ0n) is 24.6. The Hall–Kier alpha value is -3.74. The maximum absolute atomic E-state index is 14.2. The quantitative estimate of drug-likeness (QED) is 0.454. The van der Waals surface area contributed by atoms with E-state index in [2.05, 4.69) is 26.7 Å². The van der Waals surface area contributed by atoms with Crippen molar-refractivity contribution in [2.24, 2.45) is 0 Å². The molecule has 2 unspecified atom stereocenters. The van der Waals surface area contributed by atoms with Crippen molar-refractivity contribution in [2.45, 2.75) is 31.2 Å². The molecule has 0 aliphatic carbocycles. The smallest absolute Gasteiger partial charge is 0.226 e. The minimum absolute atomic E-state index is 0.0525. The van der Waals surface area contributed by atoms with Gasteiger partial charge in [-0.3, -0.25) is 9.59 Å². The van der Waals surface area contributed by atoms with E-state index >= 15 is 0 Å². The van der Waals surface area contributed by atoms with E-state index < -0.39 is 27.2 Å². The molecule has 2 fully saturated rings.